The predicted octanol–water partition coefficient (Wildman–Crippen LogP) is 2.69. The van der Waals surface area contributed by atoms with Gasteiger partial charge in [-0.1, -0.05) is 48.0 Å². The number of hydrogen-bond acceptors (Lipinski definition) is 6. The number of ether oxygens (including phenoxy) is 1. The van der Waals surface area contributed by atoms with Gasteiger partial charge in [0, 0.05) is 13.1 Å². The Morgan fingerprint density at radius 2 is 2.00 bits per heavy atom. The van der Waals surface area contributed by atoms with E-state index in [2.05, 4.69) is 28.0 Å². The molecule has 34 heavy (non-hydrogen) atoms. The molecule has 9 heteroatoms. The summed E-state index contributed by atoms with van der Waals surface area (Å²) in [5, 5.41) is 12.5. The fourth-order valence-corrected chi connectivity index (χ4v) is 4.30. The molecule has 2 aromatic heterocycles. The normalized spacial score (nSPS) is 10.8. The quantitative estimate of drug-likeness (QED) is 0.216. The number of nitrogens with zero attached hydrogens (tertiary/aromatic N) is 4. The van der Waals surface area contributed by atoms with E-state index in [0.717, 1.165) is 5.56 Å². The van der Waals surface area contributed by atoms with Crippen LogP contribution >= 0.6 is 11.8 Å². The van der Waals surface area contributed by atoms with Crippen LogP contribution in [0.2, 0.25) is 0 Å². The molecule has 0 radical (unpaired) electrons. The van der Waals surface area contributed by atoms with E-state index >= 15 is 0 Å². The number of aromatic nitrogens is 4. The van der Waals surface area contributed by atoms with Gasteiger partial charge in [0.05, 0.1) is 16.7 Å². The van der Waals surface area contributed by atoms with Crippen molar-refractivity contribution < 1.29 is 9.53 Å². The highest BCUT2D eigenvalue weighted by Crippen LogP contribution is 2.21. The van der Waals surface area contributed by atoms with Gasteiger partial charge in [0.15, 0.2) is 5.16 Å². The van der Waals surface area contributed by atoms with Gasteiger partial charge in [-0.05, 0) is 36.2 Å². The van der Waals surface area contributed by atoms with Crippen LogP contribution in [0.1, 0.15) is 5.56 Å². The van der Waals surface area contributed by atoms with Gasteiger partial charge >= 0.3 is 0 Å². The molecule has 1 N–H and O–H groups in total. The summed E-state index contributed by atoms with van der Waals surface area (Å²) in [6, 6.07) is 14.9. The molecular weight excluding hydrogens is 450 g/mol. The molecule has 0 fully saturated rings. The summed E-state index contributed by atoms with van der Waals surface area (Å²) in [5.74, 6) is 3.63. The first-order valence-corrected chi connectivity index (χ1v) is 11.6. The molecule has 0 spiro atoms. The molecule has 4 aromatic rings. The van der Waals surface area contributed by atoms with Crippen molar-refractivity contribution >= 4 is 34.3 Å². The Labute approximate surface area is 200 Å². The fraction of sp³-hybridized carbons (Fsp3) is 0.200. The average molecular weight is 474 g/mol. The molecule has 2 heterocycles. The van der Waals surface area contributed by atoms with Crippen LogP contribution in [0.25, 0.3) is 16.7 Å². The minimum absolute atomic E-state index is 0.112. The first-order valence-electron chi connectivity index (χ1n) is 10.6. The maximum absolute atomic E-state index is 12.9. The van der Waals surface area contributed by atoms with Gasteiger partial charge in [0.2, 0.25) is 11.7 Å². The summed E-state index contributed by atoms with van der Waals surface area (Å²) >= 11 is 1.27. The van der Waals surface area contributed by atoms with Gasteiger partial charge in [-0.15, -0.1) is 23.2 Å². The van der Waals surface area contributed by atoms with E-state index < -0.39 is 0 Å². The third-order valence-electron chi connectivity index (χ3n) is 5.10. The Morgan fingerprint density at radius 3 is 2.76 bits per heavy atom. The lowest BCUT2D eigenvalue weighted by molar-refractivity contribution is -0.118. The van der Waals surface area contributed by atoms with Crippen LogP contribution in [0.15, 0.2) is 71.1 Å². The molecule has 0 atom stereocenters. The molecule has 0 aliphatic heterocycles. The van der Waals surface area contributed by atoms with Crippen LogP contribution in [-0.2, 0) is 17.8 Å². The lowest BCUT2D eigenvalue weighted by Gasteiger charge is -2.09. The lowest BCUT2D eigenvalue weighted by Crippen LogP contribution is -2.27. The lowest BCUT2D eigenvalue weighted by atomic mass is 10.1. The van der Waals surface area contributed by atoms with Gasteiger partial charge in [-0.2, -0.15) is 0 Å². The van der Waals surface area contributed by atoms with Gasteiger partial charge < -0.3 is 10.1 Å². The number of fused-ring (bicyclic) bond motifs is 3. The number of para-hydroxylation sites is 1. The molecule has 172 valence electrons. The number of amides is 1. The van der Waals surface area contributed by atoms with E-state index in [0.29, 0.717) is 47.1 Å². The van der Waals surface area contributed by atoms with Crippen LogP contribution in [0.3, 0.4) is 0 Å². The van der Waals surface area contributed by atoms with Crippen LogP contribution in [0.5, 0.6) is 5.75 Å². The van der Waals surface area contributed by atoms with Gasteiger partial charge in [-0.25, -0.2) is 0 Å². The third kappa shape index (κ3) is 4.97. The summed E-state index contributed by atoms with van der Waals surface area (Å²) in [7, 11) is 0. The Kier molecular flexibility index (Phi) is 7.30. The second kappa shape index (κ2) is 10.7. The zero-order valence-corrected chi connectivity index (χ0v) is 19.3. The number of terminal acetylenes is 1. The number of carbonyl (C=O) groups excluding carboxylic acids is 1. The van der Waals surface area contributed by atoms with Crippen LogP contribution in [-0.4, -0.2) is 44.0 Å². The fourth-order valence-electron chi connectivity index (χ4n) is 3.53. The second-order valence-electron chi connectivity index (χ2n) is 7.36. The Bertz CT molecular complexity index is 1430. The summed E-state index contributed by atoms with van der Waals surface area (Å²) in [5.41, 5.74) is 1.63. The summed E-state index contributed by atoms with van der Waals surface area (Å²) in [6.45, 7) is 4.78. The van der Waals surface area contributed by atoms with E-state index in [9.17, 15) is 9.59 Å². The first-order chi connectivity index (χ1) is 16.6. The highest BCUT2D eigenvalue weighted by atomic mass is 32.2. The molecule has 0 bridgehead atoms. The Morgan fingerprint density at radius 1 is 1.21 bits per heavy atom. The minimum atomic E-state index is -0.152. The predicted molar refractivity (Wildman–Crippen MR) is 133 cm³/mol. The van der Waals surface area contributed by atoms with Crippen molar-refractivity contribution in [1.29, 1.82) is 0 Å². The molecule has 0 aliphatic carbocycles. The van der Waals surface area contributed by atoms with Crippen molar-refractivity contribution in [3.8, 4) is 18.1 Å². The van der Waals surface area contributed by atoms with Crippen molar-refractivity contribution in [2.24, 2.45) is 0 Å². The van der Waals surface area contributed by atoms with E-state index in [1.54, 1.807) is 12.1 Å². The number of nitrogens with one attached hydrogen (secondary N) is 1. The molecule has 0 saturated heterocycles. The van der Waals surface area contributed by atoms with Gasteiger partial charge in [0.1, 0.15) is 12.4 Å². The minimum Gasteiger partial charge on any atom is -0.481 e. The number of allylic oxidation sites excluding steroid dienone is 1. The molecule has 0 aliphatic rings. The third-order valence-corrected chi connectivity index (χ3v) is 6.03. The summed E-state index contributed by atoms with van der Waals surface area (Å²) in [6.07, 6.45) is 7.52. The number of thioether (sulfide) groups is 1. The Balaban J connectivity index is 1.41. The van der Waals surface area contributed by atoms with Crippen LogP contribution in [0, 0.1) is 12.3 Å². The zero-order chi connectivity index (χ0) is 23.9. The largest absolute Gasteiger partial charge is 0.481 e. The second-order valence-corrected chi connectivity index (χ2v) is 8.31. The molecular formula is C25H23N5O3S. The number of carbonyl (C=O) groups is 1. The molecule has 2 aromatic carbocycles. The highest BCUT2D eigenvalue weighted by molar-refractivity contribution is 7.99. The van der Waals surface area contributed by atoms with Crippen LogP contribution < -0.4 is 15.6 Å². The Hall–Kier alpha value is -4.03. The first kappa shape index (κ1) is 23.1. The average Bonchev–Trinajstić information content (AvgIpc) is 3.29. The molecule has 8 nitrogen and oxygen atoms in total. The van der Waals surface area contributed by atoms with Crippen molar-refractivity contribution in [2.45, 2.75) is 18.1 Å². The SMILES string of the molecule is C#CCOc1ccc(CCNC(=O)CSc2nnc3n(CC=C)c(=O)c4ccccc4n23)cc1. The number of benzene rings is 2. The molecule has 1 amide bonds. The van der Waals surface area contributed by atoms with Crippen molar-refractivity contribution in [1.82, 2.24) is 24.5 Å². The van der Waals surface area contributed by atoms with Gasteiger partial charge in [0.25, 0.3) is 5.56 Å². The van der Waals surface area contributed by atoms with E-state index in [1.807, 2.05) is 46.9 Å². The number of hydrogen-bond donors (Lipinski definition) is 1. The summed E-state index contributed by atoms with van der Waals surface area (Å²) < 4.78 is 8.69. The van der Waals surface area contributed by atoms with Crippen molar-refractivity contribution in [3.05, 3.63) is 77.1 Å². The van der Waals surface area contributed by atoms with Crippen LogP contribution in [0.4, 0.5) is 0 Å². The molecule has 0 unspecified atom stereocenters. The summed E-state index contributed by atoms with van der Waals surface area (Å²) in [4.78, 5) is 25.3. The number of rotatable bonds is 10. The van der Waals surface area contributed by atoms with E-state index in [4.69, 9.17) is 11.2 Å². The van der Waals surface area contributed by atoms with E-state index in [-0.39, 0.29) is 23.8 Å². The molecule has 4 rings (SSSR count). The highest BCUT2D eigenvalue weighted by Gasteiger charge is 2.17. The zero-order valence-electron chi connectivity index (χ0n) is 18.4. The maximum atomic E-state index is 12.9. The smallest absolute Gasteiger partial charge is 0.263 e. The van der Waals surface area contributed by atoms with Crippen molar-refractivity contribution in [2.75, 3.05) is 18.9 Å². The maximum Gasteiger partial charge on any atom is 0.263 e. The topological polar surface area (TPSA) is 90.5 Å². The molecule has 0 saturated carbocycles. The monoisotopic (exact) mass is 473 g/mol. The van der Waals surface area contributed by atoms with Crippen molar-refractivity contribution in [3.63, 3.8) is 0 Å². The van der Waals surface area contributed by atoms with Gasteiger partial charge in [-0.3, -0.25) is 18.6 Å². The standard InChI is InChI=1S/C25H23N5O3S/c1-3-15-29-23(32)20-7-5-6-8-21(20)30-24(29)27-28-25(30)34-17-22(31)26-14-13-18-9-11-19(12-10-18)33-16-4-2/h2-3,5-12H,1,13-17H2,(H,26,31). The van der Waals surface area contributed by atoms with E-state index in [1.165, 1.54) is 16.3 Å².